The first kappa shape index (κ1) is 15.4. The van der Waals surface area contributed by atoms with E-state index >= 15 is 0 Å². The number of aromatic amines is 1. The lowest BCUT2D eigenvalue weighted by Gasteiger charge is -2.14. The molecule has 0 spiro atoms. The largest absolute Gasteiger partial charge is 0.288 e. The van der Waals surface area contributed by atoms with Crippen molar-refractivity contribution in [2.24, 2.45) is 0 Å². The van der Waals surface area contributed by atoms with Gasteiger partial charge < -0.3 is 0 Å². The molecule has 0 aliphatic heterocycles. The third-order valence-corrected chi connectivity index (χ3v) is 4.51. The maximum absolute atomic E-state index is 12.8. The summed E-state index contributed by atoms with van der Waals surface area (Å²) in [5.41, 5.74) is 5.43. The molecule has 0 bridgehead atoms. The Morgan fingerprint density at radius 1 is 0.880 bits per heavy atom. The Hall–Kier alpha value is -3.14. The van der Waals surface area contributed by atoms with Crippen LogP contribution in [0, 0.1) is 13.8 Å². The topological polar surface area (TPSA) is 52.2 Å². The molecule has 122 valence electrons. The van der Waals surface area contributed by atoms with Crippen molar-refractivity contribution in [3.63, 3.8) is 0 Å². The SMILES string of the molecule is Cc1cc(C)cc(C[n+]2ccc3c(c2)C(=O)c2cc[nH+]cc2C3=O)c1. The van der Waals surface area contributed by atoms with Gasteiger partial charge in [-0.1, -0.05) is 17.2 Å². The molecule has 1 aliphatic carbocycles. The van der Waals surface area contributed by atoms with Gasteiger partial charge in [-0.2, -0.15) is 4.57 Å². The summed E-state index contributed by atoms with van der Waals surface area (Å²) in [5, 5.41) is 0. The Bertz CT molecular complexity index is 1020. The molecule has 1 N–H and O–H groups in total. The first-order chi connectivity index (χ1) is 12.0. The van der Waals surface area contributed by atoms with E-state index < -0.39 is 0 Å². The quantitative estimate of drug-likeness (QED) is 0.529. The van der Waals surface area contributed by atoms with E-state index in [1.54, 1.807) is 30.7 Å². The van der Waals surface area contributed by atoms with Crippen molar-refractivity contribution in [2.45, 2.75) is 20.4 Å². The average Bonchev–Trinajstić information content (AvgIpc) is 2.59. The van der Waals surface area contributed by atoms with Crippen molar-refractivity contribution in [2.75, 3.05) is 0 Å². The lowest BCUT2D eigenvalue weighted by atomic mass is 9.86. The molecule has 4 rings (SSSR count). The van der Waals surface area contributed by atoms with Gasteiger partial charge in [0.1, 0.15) is 0 Å². The molecule has 1 aliphatic rings. The van der Waals surface area contributed by atoms with Crippen LogP contribution in [0.4, 0.5) is 0 Å². The number of carbonyl (C=O) groups is 2. The van der Waals surface area contributed by atoms with Crippen molar-refractivity contribution in [1.82, 2.24) is 0 Å². The van der Waals surface area contributed by atoms with Crippen LogP contribution in [0.3, 0.4) is 0 Å². The molecule has 4 heteroatoms. The normalized spacial score (nSPS) is 12.7. The number of benzene rings is 1. The lowest BCUT2D eigenvalue weighted by Crippen LogP contribution is -2.37. The number of nitrogens with one attached hydrogen (secondary N) is 1. The summed E-state index contributed by atoms with van der Waals surface area (Å²) in [5.74, 6) is -0.214. The van der Waals surface area contributed by atoms with Crippen molar-refractivity contribution in [3.05, 3.63) is 94.1 Å². The summed E-state index contributed by atoms with van der Waals surface area (Å²) in [4.78, 5) is 28.3. The maximum atomic E-state index is 12.8. The average molecular weight is 330 g/mol. The summed E-state index contributed by atoms with van der Waals surface area (Å²) in [6.07, 6.45) is 6.91. The van der Waals surface area contributed by atoms with Crippen LogP contribution in [0.1, 0.15) is 48.5 Å². The molecule has 2 heterocycles. The van der Waals surface area contributed by atoms with Crippen LogP contribution in [-0.4, -0.2) is 11.6 Å². The highest BCUT2D eigenvalue weighted by molar-refractivity contribution is 6.27. The zero-order valence-electron chi connectivity index (χ0n) is 14.2. The highest BCUT2D eigenvalue weighted by Crippen LogP contribution is 2.24. The molecule has 0 radical (unpaired) electrons. The Morgan fingerprint density at radius 2 is 1.56 bits per heavy atom. The minimum absolute atomic E-state index is 0.103. The summed E-state index contributed by atoms with van der Waals surface area (Å²) in [6, 6.07) is 9.82. The minimum atomic E-state index is -0.111. The van der Waals surface area contributed by atoms with Gasteiger partial charge in [0.2, 0.25) is 11.6 Å². The zero-order valence-corrected chi connectivity index (χ0v) is 14.2. The summed E-state index contributed by atoms with van der Waals surface area (Å²) >= 11 is 0. The molecule has 0 unspecified atom stereocenters. The molecule has 0 fully saturated rings. The molecular formula is C21H18N2O2+2. The molecule has 0 saturated heterocycles. The second-order valence-electron chi connectivity index (χ2n) is 6.57. The monoisotopic (exact) mass is 330 g/mol. The fraction of sp³-hybridized carbons (Fsp3) is 0.143. The van der Waals surface area contributed by atoms with Crippen molar-refractivity contribution in [3.8, 4) is 0 Å². The highest BCUT2D eigenvalue weighted by Gasteiger charge is 2.33. The number of nitrogens with zero attached hydrogens (tertiary/aromatic N) is 1. The second kappa shape index (κ2) is 5.74. The number of pyridine rings is 2. The third-order valence-electron chi connectivity index (χ3n) is 4.51. The van der Waals surface area contributed by atoms with Gasteiger partial charge in [0, 0.05) is 28.8 Å². The second-order valence-corrected chi connectivity index (χ2v) is 6.57. The van der Waals surface area contributed by atoms with Gasteiger partial charge in [-0.3, -0.25) is 9.59 Å². The summed E-state index contributed by atoms with van der Waals surface area (Å²) < 4.78 is 1.96. The van der Waals surface area contributed by atoms with Crippen LogP contribution in [0.5, 0.6) is 0 Å². The van der Waals surface area contributed by atoms with E-state index in [0.717, 1.165) is 0 Å². The minimum Gasteiger partial charge on any atom is -0.288 e. The Labute approximate surface area is 145 Å². The van der Waals surface area contributed by atoms with E-state index in [-0.39, 0.29) is 11.6 Å². The number of carbonyl (C=O) groups excluding carboxylic acids is 2. The third kappa shape index (κ3) is 2.66. The van der Waals surface area contributed by atoms with E-state index in [1.807, 2.05) is 10.8 Å². The van der Waals surface area contributed by atoms with Gasteiger partial charge in [0.15, 0.2) is 31.3 Å². The van der Waals surface area contributed by atoms with Gasteiger partial charge in [-0.25, -0.2) is 4.98 Å². The van der Waals surface area contributed by atoms with E-state index in [4.69, 9.17) is 0 Å². The fourth-order valence-electron chi connectivity index (χ4n) is 3.49. The van der Waals surface area contributed by atoms with Crippen LogP contribution < -0.4 is 9.55 Å². The molecule has 4 nitrogen and oxygen atoms in total. The number of aryl methyl sites for hydroxylation is 2. The van der Waals surface area contributed by atoms with Crippen molar-refractivity contribution in [1.29, 1.82) is 0 Å². The van der Waals surface area contributed by atoms with E-state index in [1.165, 1.54) is 16.7 Å². The van der Waals surface area contributed by atoms with Gasteiger partial charge in [0.25, 0.3) is 0 Å². The van der Waals surface area contributed by atoms with Crippen molar-refractivity contribution < 1.29 is 19.1 Å². The van der Waals surface area contributed by atoms with Crippen molar-refractivity contribution >= 4 is 11.6 Å². The van der Waals surface area contributed by atoms with Gasteiger partial charge in [-0.05, 0) is 26.0 Å². The van der Waals surface area contributed by atoms with Crippen LogP contribution >= 0.6 is 0 Å². The number of ketones is 2. The zero-order chi connectivity index (χ0) is 17.6. The van der Waals surface area contributed by atoms with Crippen LogP contribution in [0.25, 0.3) is 0 Å². The summed E-state index contributed by atoms with van der Waals surface area (Å²) in [7, 11) is 0. The highest BCUT2D eigenvalue weighted by atomic mass is 16.1. The fourth-order valence-corrected chi connectivity index (χ4v) is 3.49. The smallest absolute Gasteiger partial charge is 0.200 e. The van der Waals surface area contributed by atoms with E-state index in [0.29, 0.717) is 28.8 Å². The number of H-pyrrole nitrogens is 1. The number of hydrogen-bond acceptors (Lipinski definition) is 2. The number of rotatable bonds is 2. The van der Waals surface area contributed by atoms with Crippen LogP contribution in [-0.2, 0) is 6.54 Å². The van der Waals surface area contributed by atoms with Crippen LogP contribution in [0.15, 0.2) is 55.1 Å². The Morgan fingerprint density at radius 3 is 2.32 bits per heavy atom. The van der Waals surface area contributed by atoms with Crippen LogP contribution in [0.2, 0.25) is 0 Å². The molecule has 3 aromatic rings. The molecule has 0 amide bonds. The standard InChI is InChI=1S/C21H17N2O2/c1-13-7-14(2)9-15(8-13)11-23-6-4-17-19(12-23)21(25)16-3-5-22-10-18(16)20(17)24/h3-10,12H,11H2,1-2H3/q+1/p+1. The number of hydrogen-bond donors (Lipinski definition) is 0. The number of fused-ring (bicyclic) bond motifs is 2. The number of aromatic nitrogens is 2. The lowest BCUT2D eigenvalue weighted by molar-refractivity contribution is -0.688. The first-order valence-electron chi connectivity index (χ1n) is 8.23. The Kier molecular flexibility index (Phi) is 3.53. The maximum Gasteiger partial charge on any atom is 0.200 e. The molecule has 0 saturated carbocycles. The predicted molar refractivity (Wildman–Crippen MR) is 91.5 cm³/mol. The molecule has 2 aromatic heterocycles. The molecule has 1 aromatic carbocycles. The molecule has 0 atom stereocenters. The molecular weight excluding hydrogens is 312 g/mol. The van der Waals surface area contributed by atoms with Gasteiger partial charge in [-0.15, -0.1) is 0 Å². The first-order valence-corrected chi connectivity index (χ1v) is 8.23. The van der Waals surface area contributed by atoms with E-state index in [2.05, 4.69) is 37.0 Å². The summed E-state index contributed by atoms with van der Waals surface area (Å²) in [6.45, 7) is 4.81. The van der Waals surface area contributed by atoms with E-state index in [9.17, 15) is 9.59 Å². The Balaban J connectivity index is 1.75. The van der Waals surface area contributed by atoms with Gasteiger partial charge >= 0.3 is 0 Å². The van der Waals surface area contributed by atoms with Gasteiger partial charge in [0.05, 0.1) is 11.1 Å². The molecule has 25 heavy (non-hydrogen) atoms. The predicted octanol–water partition coefficient (Wildman–Crippen LogP) is 2.23.